The van der Waals surface area contributed by atoms with Gasteiger partial charge >= 0.3 is 7.05 Å². The number of hydrogen-bond acceptors (Lipinski definition) is 11. The van der Waals surface area contributed by atoms with Crippen molar-refractivity contribution in [1.29, 1.82) is 0 Å². The molecule has 1 unspecified atom stereocenters. The van der Waals surface area contributed by atoms with Crippen LogP contribution in [0, 0.1) is 0 Å². The van der Waals surface area contributed by atoms with Gasteiger partial charge in [-0.25, -0.2) is 4.99 Å². The van der Waals surface area contributed by atoms with Gasteiger partial charge in [-0.3, -0.25) is 9.69 Å². The fourth-order valence-electron chi connectivity index (χ4n) is 7.23. The van der Waals surface area contributed by atoms with Crippen LogP contribution in [0.2, 0.25) is 0 Å². The number of rotatable bonds is 8. The van der Waals surface area contributed by atoms with Crippen LogP contribution < -0.4 is 15.6 Å². The zero-order valence-corrected chi connectivity index (χ0v) is 28.0. The Bertz CT molecular complexity index is 1890. The van der Waals surface area contributed by atoms with Crippen LogP contribution >= 0.6 is 0 Å². The minimum Gasteiger partial charge on any atom is -0.494 e. The number of epoxide rings is 1. The molecule has 4 aromatic rings. The summed E-state index contributed by atoms with van der Waals surface area (Å²) in [6.45, 7) is 4.05. The summed E-state index contributed by atoms with van der Waals surface area (Å²) in [5.74, 6) is -0.919. The first-order valence-electron chi connectivity index (χ1n) is 17.0. The van der Waals surface area contributed by atoms with E-state index in [4.69, 9.17) is 19.1 Å². The van der Waals surface area contributed by atoms with Crippen molar-refractivity contribution in [3.05, 3.63) is 83.9 Å². The van der Waals surface area contributed by atoms with E-state index in [0.29, 0.717) is 35.6 Å². The molecule has 1 spiro atoms. The zero-order valence-electron chi connectivity index (χ0n) is 28.0. The van der Waals surface area contributed by atoms with Gasteiger partial charge in [-0.2, -0.15) is 0 Å². The number of carbonyl (C=O) groups is 1. The number of ether oxygens (including phenoxy) is 2. The average molecular weight is 681 g/mol. The Morgan fingerprint density at radius 1 is 1.08 bits per heavy atom. The molecule has 260 valence electrons. The molecule has 1 aromatic heterocycles. The molecule has 5 atom stereocenters. The van der Waals surface area contributed by atoms with Gasteiger partial charge in [0.05, 0.1) is 42.3 Å². The van der Waals surface area contributed by atoms with Gasteiger partial charge in [-0.1, -0.05) is 42.5 Å². The van der Waals surface area contributed by atoms with Crippen LogP contribution in [0.5, 0.6) is 5.88 Å². The highest BCUT2D eigenvalue weighted by Gasteiger charge is 2.66. The van der Waals surface area contributed by atoms with Crippen molar-refractivity contribution in [3.8, 4) is 5.88 Å². The third-order valence-electron chi connectivity index (χ3n) is 10.3. The second-order valence-electron chi connectivity index (χ2n) is 13.6. The molecule has 1 amide bonds. The van der Waals surface area contributed by atoms with Gasteiger partial charge < -0.3 is 49.5 Å². The van der Waals surface area contributed by atoms with E-state index < -0.39 is 37.2 Å². The van der Waals surface area contributed by atoms with Crippen molar-refractivity contribution in [1.82, 2.24) is 20.0 Å². The summed E-state index contributed by atoms with van der Waals surface area (Å²) in [5.41, 5.74) is 4.86. The molecule has 5 heterocycles. The number of carbonyl (C=O) groups excluding carboxylic acids is 1. The van der Waals surface area contributed by atoms with E-state index in [9.17, 15) is 20.1 Å². The summed E-state index contributed by atoms with van der Waals surface area (Å²) in [5, 5.41) is 36.1. The van der Waals surface area contributed by atoms with Crippen molar-refractivity contribution in [2.75, 3.05) is 64.9 Å². The first kappa shape index (κ1) is 33.1. The molecular formula is C36H41BN6O7. The molecule has 3 aromatic carbocycles. The van der Waals surface area contributed by atoms with Crippen molar-refractivity contribution in [2.45, 2.75) is 30.1 Å². The van der Waals surface area contributed by atoms with Crippen LogP contribution in [0.1, 0.15) is 11.1 Å². The lowest BCUT2D eigenvalue weighted by Gasteiger charge is -2.39. The summed E-state index contributed by atoms with van der Waals surface area (Å²) in [7, 11) is 3.32. The number of aromatic amines is 1. The van der Waals surface area contributed by atoms with Gasteiger partial charge in [-0.15, -0.1) is 0 Å². The molecule has 4 aliphatic rings. The topological polar surface area (TPSA) is 159 Å². The number of piperazine rings is 1. The summed E-state index contributed by atoms with van der Waals surface area (Å²) in [4.78, 5) is 27.4. The standard InChI is InChI=1S/C36H41BN6O7/c1-41-14-16-43(17-15-41)19-29(45)42(2)25-11-9-24(10-12-25)38-31(22-6-4-3-5-7-22)30-26-13-8-23(18-27(26)39-35(30)47)37-40-34-33(50-37)32(46)28(20-44)49-36(34)21-48-36/h3-13,18,28,32-34,39-40,44,46-47H,14-17,19-21H2,1-2H3/t28-,32-,33+,34-,36?/m1/s1. The number of aromatic nitrogens is 1. The van der Waals surface area contributed by atoms with E-state index in [-0.39, 0.29) is 18.4 Å². The maximum absolute atomic E-state index is 13.1. The minimum absolute atomic E-state index is 0.0282. The molecule has 4 fully saturated rings. The number of aliphatic hydroxyl groups is 2. The van der Waals surface area contributed by atoms with E-state index in [1.54, 1.807) is 11.9 Å². The third kappa shape index (κ3) is 6.12. The molecular weight excluding hydrogens is 639 g/mol. The Kier molecular flexibility index (Phi) is 8.73. The van der Waals surface area contributed by atoms with E-state index >= 15 is 0 Å². The highest BCUT2D eigenvalue weighted by atomic mass is 16.8. The number of benzene rings is 3. The van der Waals surface area contributed by atoms with Crippen molar-refractivity contribution >= 4 is 46.4 Å². The second-order valence-corrected chi connectivity index (χ2v) is 13.6. The van der Waals surface area contributed by atoms with Crippen LogP contribution in [0.3, 0.4) is 0 Å². The smallest absolute Gasteiger partial charge is 0.416 e. The van der Waals surface area contributed by atoms with Crippen molar-refractivity contribution < 1.29 is 34.2 Å². The van der Waals surface area contributed by atoms with E-state index in [1.807, 2.05) is 72.8 Å². The Balaban J connectivity index is 1.06. The fourth-order valence-corrected chi connectivity index (χ4v) is 7.23. The predicted molar refractivity (Wildman–Crippen MR) is 189 cm³/mol. The predicted octanol–water partition coefficient (Wildman–Crippen LogP) is 0.784. The normalized spacial score (nSPS) is 27.2. The lowest BCUT2D eigenvalue weighted by molar-refractivity contribution is -0.218. The van der Waals surface area contributed by atoms with Crippen LogP contribution in [-0.4, -0.2) is 139 Å². The number of aliphatic hydroxyl groups excluding tert-OH is 2. The lowest BCUT2D eigenvalue weighted by Crippen LogP contribution is -2.62. The van der Waals surface area contributed by atoms with E-state index in [2.05, 4.69) is 27.1 Å². The number of aliphatic imine (C=N–C) groups is 1. The molecule has 50 heavy (non-hydrogen) atoms. The lowest BCUT2D eigenvalue weighted by atomic mass is 9.73. The van der Waals surface area contributed by atoms with Gasteiger partial charge in [0.15, 0.2) is 5.88 Å². The van der Waals surface area contributed by atoms with E-state index in [0.717, 1.165) is 48.3 Å². The second kappa shape index (κ2) is 13.2. The maximum atomic E-state index is 13.1. The third-order valence-corrected chi connectivity index (χ3v) is 10.3. The molecule has 0 aliphatic carbocycles. The van der Waals surface area contributed by atoms with Gasteiger partial charge in [0.25, 0.3) is 0 Å². The molecule has 0 saturated carbocycles. The van der Waals surface area contributed by atoms with Gasteiger partial charge in [0.2, 0.25) is 11.7 Å². The number of fused-ring (bicyclic) bond motifs is 3. The first-order chi connectivity index (χ1) is 24.2. The summed E-state index contributed by atoms with van der Waals surface area (Å²) < 4.78 is 17.8. The molecule has 4 aliphatic heterocycles. The number of anilines is 1. The number of nitrogens with one attached hydrogen (secondary N) is 2. The number of amides is 1. The number of H-pyrrole nitrogens is 1. The highest BCUT2D eigenvalue weighted by Crippen LogP contribution is 2.43. The quantitative estimate of drug-likeness (QED) is 0.102. The summed E-state index contributed by atoms with van der Waals surface area (Å²) >= 11 is 0. The van der Waals surface area contributed by atoms with Crippen LogP contribution in [-0.2, 0) is 18.9 Å². The maximum Gasteiger partial charge on any atom is 0.416 e. The molecule has 5 N–H and O–H groups in total. The van der Waals surface area contributed by atoms with Gasteiger partial charge in [-0.05, 0) is 42.8 Å². The summed E-state index contributed by atoms with van der Waals surface area (Å²) in [6, 6.07) is 22.5. The van der Waals surface area contributed by atoms with Gasteiger partial charge in [0, 0.05) is 55.4 Å². The first-order valence-corrected chi connectivity index (χ1v) is 17.0. The average Bonchev–Trinajstić information content (AvgIpc) is 3.62. The van der Waals surface area contributed by atoms with Crippen LogP contribution in [0.15, 0.2) is 77.8 Å². The fraction of sp³-hybridized carbons (Fsp3) is 0.389. The zero-order chi connectivity index (χ0) is 34.6. The molecule has 8 rings (SSSR count). The Labute approximate surface area is 290 Å². The molecule has 0 bridgehead atoms. The Hall–Kier alpha value is -4.12. The minimum atomic E-state index is -1.02. The number of nitrogens with zero attached hydrogens (tertiary/aromatic N) is 4. The highest BCUT2D eigenvalue weighted by molar-refractivity contribution is 6.66. The monoisotopic (exact) mass is 680 g/mol. The molecule has 4 saturated heterocycles. The Morgan fingerprint density at radius 2 is 1.82 bits per heavy atom. The Morgan fingerprint density at radius 3 is 2.52 bits per heavy atom. The van der Waals surface area contributed by atoms with Gasteiger partial charge in [0.1, 0.15) is 18.8 Å². The molecule has 0 radical (unpaired) electrons. The largest absolute Gasteiger partial charge is 0.494 e. The number of likely N-dealkylation sites (N-methyl/N-ethyl adjacent to an activating group) is 2. The van der Waals surface area contributed by atoms with Crippen molar-refractivity contribution in [2.24, 2.45) is 4.99 Å². The SMILES string of the molecule is CN1CCN(CC(=O)N(C)c2ccc(N=C(c3ccccc3)c3c(O)[nH]c4cc(B5N[C@@H]6[C@@H](O5)[C@H](O)[C@@H](CO)OC65CO5)ccc34)cc2)CC1. The molecule has 14 heteroatoms. The van der Waals surface area contributed by atoms with Crippen molar-refractivity contribution in [3.63, 3.8) is 0 Å². The van der Waals surface area contributed by atoms with E-state index in [1.165, 1.54) is 0 Å². The van der Waals surface area contributed by atoms with Crippen LogP contribution in [0.4, 0.5) is 11.4 Å². The summed E-state index contributed by atoms with van der Waals surface area (Å²) in [6.07, 6.45) is -2.45. The number of hydrogen-bond donors (Lipinski definition) is 5. The molecule has 13 nitrogen and oxygen atoms in total. The van der Waals surface area contributed by atoms with Crippen LogP contribution in [0.25, 0.3) is 10.9 Å². The number of aromatic hydroxyl groups is 1.